The van der Waals surface area contributed by atoms with E-state index in [0.717, 1.165) is 23.0 Å². The average molecular weight is 421 g/mol. The van der Waals surface area contributed by atoms with E-state index in [1.165, 1.54) is 5.56 Å². The molecule has 3 aromatic rings. The molecule has 7 nitrogen and oxygen atoms in total. The van der Waals surface area contributed by atoms with Crippen LogP contribution in [0.2, 0.25) is 0 Å². The first kappa shape index (κ1) is 22.2. The summed E-state index contributed by atoms with van der Waals surface area (Å²) in [5.74, 6) is -0.190. The van der Waals surface area contributed by atoms with Gasteiger partial charge in [0.2, 0.25) is 0 Å². The van der Waals surface area contributed by atoms with E-state index in [1.54, 1.807) is 43.6 Å². The van der Waals surface area contributed by atoms with E-state index in [2.05, 4.69) is 22.4 Å². The van der Waals surface area contributed by atoms with E-state index < -0.39 is 11.3 Å². The van der Waals surface area contributed by atoms with Gasteiger partial charge in [0.1, 0.15) is 5.75 Å². The fraction of sp³-hybridized carbons (Fsp3) is 0.292. The first-order valence-electron chi connectivity index (χ1n) is 10.1. The number of hydrogen-bond donors (Lipinski definition) is 3. The maximum atomic E-state index is 12.3. The second kappa shape index (κ2) is 9.57. The van der Waals surface area contributed by atoms with E-state index in [9.17, 15) is 9.59 Å². The summed E-state index contributed by atoms with van der Waals surface area (Å²) in [7, 11) is 0. The predicted octanol–water partition coefficient (Wildman–Crippen LogP) is 3.43. The van der Waals surface area contributed by atoms with Gasteiger partial charge in [-0.25, -0.2) is 5.48 Å². The van der Waals surface area contributed by atoms with Crippen LogP contribution in [-0.2, 0) is 11.2 Å². The number of amides is 2. The number of nitrogens with zero attached hydrogens (tertiary/aromatic N) is 1. The summed E-state index contributed by atoms with van der Waals surface area (Å²) >= 11 is 0. The third-order valence-corrected chi connectivity index (χ3v) is 5.09. The van der Waals surface area contributed by atoms with Crippen LogP contribution >= 0.6 is 0 Å². The van der Waals surface area contributed by atoms with Gasteiger partial charge in [0, 0.05) is 29.6 Å². The molecular formula is C24H27N3O4. The van der Waals surface area contributed by atoms with E-state index >= 15 is 0 Å². The van der Waals surface area contributed by atoms with Gasteiger partial charge in [-0.2, -0.15) is 0 Å². The number of ether oxygens (including phenoxy) is 1. The molecule has 7 heteroatoms. The third kappa shape index (κ3) is 5.58. The number of para-hydroxylation sites is 1. The Kier molecular flexibility index (Phi) is 6.87. The topological polar surface area (TPSA) is 101 Å². The van der Waals surface area contributed by atoms with Gasteiger partial charge in [0.05, 0.1) is 17.5 Å². The van der Waals surface area contributed by atoms with Gasteiger partial charge < -0.3 is 10.1 Å². The zero-order chi connectivity index (χ0) is 22.4. The van der Waals surface area contributed by atoms with Gasteiger partial charge in [-0.15, -0.1) is 0 Å². The molecule has 2 amide bonds. The van der Waals surface area contributed by atoms with Crippen molar-refractivity contribution < 1.29 is 19.5 Å². The summed E-state index contributed by atoms with van der Waals surface area (Å²) in [4.78, 5) is 28.5. The molecule has 0 bridgehead atoms. The Labute approximate surface area is 181 Å². The minimum atomic E-state index is -0.928. The van der Waals surface area contributed by atoms with E-state index in [1.807, 2.05) is 25.1 Å². The lowest BCUT2D eigenvalue weighted by Crippen LogP contribution is -2.43. The Morgan fingerprint density at radius 1 is 1.10 bits per heavy atom. The Hall–Kier alpha value is -3.45. The van der Waals surface area contributed by atoms with Gasteiger partial charge >= 0.3 is 0 Å². The van der Waals surface area contributed by atoms with Crippen molar-refractivity contribution in [3.8, 4) is 5.75 Å². The molecule has 0 aliphatic rings. The fourth-order valence-electron chi connectivity index (χ4n) is 3.22. The van der Waals surface area contributed by atoms with Crippen LogP contribution in [0.3, 0.4) is 0 Å². The lowest BCUT2D eigenvalue weighted by Gasteiger charge is -2.22. The predicted molar refractivity (Wildman–Crippen MR) is 118 cm³/mol. The molecule has 0 radical (unpaired) electrons. The highest BCUT2D eigenvalue weighted by molar-refractivity contribution is 5.94. The molecule has 0 saturated heterocycles. The Morgan fingerprint density at radius 3 is 2.52 bits per heavy atom. The molecule has 1 heterocycles. The second-order valence-corrected chi connectivity index (χ2v) is 8.07. The van der Waals surface area contributed by atoms with Crippen molar-refractivity contribution in [2.24, 2.45) is 5.41 Å². The average Bonchev–Trinajstić information content (AvgIpc) is 2.77. The van der Waals surface area contributed by atoms with Crippen molar-refractivity contribution in [2.75, 3.05) is 13.2 Å². The van der Waals surface area contributed by atoms with Crippen LogP contribution in [0.15, 0.2) is 54.6 Å². The lowest BCUT2D eigenvalue weighted by molar-refractivity contribution is -0.137. The second-order valence-electron chi connectivity index (χ2n) is 8.07. The number of benzene rings is 2. The van der Waals surface area contributed by atoms with Crippen LogP contribution in [0, 0.1) is 12.3 Å². The van der Waals surface area contributed by atoms with Crippen molar-refractivity contribution in [1.82, 2.24) is 15.8 Å². The van der Waals surface area contributed by atoms with Crippen LogP contribution in [-0.4, -0.2) is 35.2 Å². The van der Waals surface area contributed by atoms with Gasteiger partial charge in [-0.05, 0) is 62.7 Å². The minimum absolute atomic E-state index is 0.0930. The highest BCUT2D eigenvalue weighted by Gasteiger charge is 2.28. The Morgan fingerprint density at radius 2 is 1.81 bits per heavy atom. The zero-order valence-corrected chi connectivity index (χ0v) is 17.9. The Balaban J connectivity index is 1.55. The zero-order valence-electron chi connectivity index (χ0n) is 17.9. The number of aryl methyl sites for hydroxylation is 1. The summed E-state index contributed by atoms with van der Waals surface area (Å²) in [5.41, 5.74) is 4.29. The monoisotopic (exact) mass is 421 g/mol. The number of aromatic nitrogens is 1. The van der Waals surface area contributed by atoms with Crippen molar-refractivity contribution in [3.63, 3.8) is 0 Å². The standard InChI is InChI=1S/C24H27N3O4/c1-16-14-18(20-6-4-5-7-21(20)26-16)12-13-31-19-10-8-17(9-11-19)22(28)25-15-24(2,3)23(29)27-30/h4-11,14,30H,12-13,15H2,1-3H3,(H,25,28)(H,27,29). The molecule has 3 N–H and O–H groups in total. The van der Waals surface area contributed by atoms with Gasteiger partial charge in [0.25, 0.3) is 11.8 Å². The van der Waals surface area contributed by atoms with Crippen molar-refractivity contribution in [1.29, 1.82) is 0 Å². The number of carbonyl (C=O) groups is 2. The first-order chi connectivity index (χ1) is 14.8. The summed E-state index contributed by atoms with van der Waals surface area (Å²) in [6.45, 7) is 5.84. The smallest absolute Gasteiger partial charge is 0.251 e. The molecule has 0 aliphatic carbocycles. The highest BCUT2D eigenvalue weighted by Crippen LogP contribution is 2.20. The van der Waals surface area contributed by atoms with E-state index in [4.69, 9.17) is 9.94 Å². The normalized spacial score (nSPS) is 11.2. The molecule has 0 aliphatic heterocycles. The maximum absolute atomic E-state index is 12.3. The summed E-state index contributed by atoms with van der Waals surface area (Å²) in [6, 6.07) is 17.0. The SMILES string of the molecule is Cc1cc(CCOc2ccc(C(=O)NCC(C)(C)C(=O)NO)cc2)c2ccccc2n1. The van der Waals surface area contributed by atoms with Crippen LogP contribution in [0.1, 0.15) is 35.5 Å². The number of rotatable bonds is 8. The van der Waals surface area contributed by atoms with Crippen LogP contribution in [0.25, 0.3) is 10.9 Å². The quantitative estimate of drug-likeness (QED) is 0.382. The number of hydroxylamine groups is 1. The van der Waals surface area contributed by atoms with Crippen LogP contribution < -0.4 is 15.5 Å². The number of hydrogen-bond acceptors (Lipinski definition) is 5. The number of carbonyl (C=O) groups excluding carboxylic acids is 2. The summed E-state index contributed by atoms with van der Waals surface area (Å²) in [6.07, 6.45) is 0.744. The summed E-state index contributed by atoms with van der Waals surface area (Å²) in [5, 5.41) is 12.6. The molecule has 0 unspecified atom stereocenters. The number of nitrogens with one attached hydrogen (secondary N) is 2. The summed E-state index contributed by atoms with van der Waals surface area (Å²) < 4.78 is 5.86. The first-order valence-corrected chi connectivity index (χ1v) is 10.1. The van der Waals surface area contributed by atoms with Crippen LogP contribution in [0.5, 0.6) is 5.75 Å². The molecule has 1 aromatic heterocycles. The highest BCUT2D eigenvalue weighted by atomic mass is 16.5. The number of pyridine rings is 1. The van der Waals surface area contributed by atoms with Crippen molar-refractivity contribution >= 4 is 22.7 Å². The fourth-order valence-corrected chi connectivity index (χ4v) is 3.22. The van der Waals surface area contributed by atoms with Gasteiger partial charge in [-0.3, -0.25) is 19.8 Å². The molecule has 0 saturated carbocycles. The molecule has 31 heavy (non-hydrogen) atoms. The molecule has 3 rings (SSSR count). The number of fused-ring (bicyclic) bond motifs is 1. The van der Waals surface area contributed by atoms with Crippen molar-refractivity contribution in [3.05, 3.63) is 71.4 Å². The Bertz CT molecular complexity index is 1080. The lowest BCUT2D eigenvalue weighted by atomic mass is 9.92. The molecule has 2 aromatic carbocycles. The van der Waals surface area contributed by atoms with E-state index in [-0.39, 0.29) is 12.5 Å². The minimum Gasteiger partial charge on any atom is -0.493 e. The van der Waals surface area contributed by atoms with E-state index in [0.29, 0.717) is 17.9 Å². The molecule has 0 atom stereocenters. The third-order valence-electron chi connectivity index (χ3n) is 5.09. The molecule has 162 valence electrons. The van der Waals surface area contributed by atoms with Crippen LogP contribution in [0.4, 0.5) is 0 Å². The van der Waals surface area contributed by atoms with Crippen molar-refractivity contribution in [2.45, 2.75) is 27.2 Å². The van der Waals surface area contributed by atoms with Gasteiger partial charge in [-0.1, -0.05) is 18.2 Å². The maximum Gasteiger partial charge on any atom is 0.251 e. The van der Waals surface area contributed by atoms with Gasteiger partial charge in [0.15, 0.2) is 0 Å². The molecular weight excluding hydrogens is 394 g/mol. The largest absolute Gasteiger partial charge is 0.493 e. The molecule has 0 spiro atoms. The molecule has 0 fully saturated rings.